The summed E-state index contributed by atoms with van der Waals surface area (Å²) in [7, 11) is 0. The number of phenols is 2. The highest BCUT2D eigenvalue weighted by Crippen LogP contribution is 2.24. The molecule has 3 nitrogen and oxygen atoms in total. The van der Waals surface area contributed by atoms with Crippen molar-refractivity contribution in [2.45, 2.75) is 25.9 Å². The molecule has 0 saturated heterocycles. The summed E-state index contributed by atoms with van der Waals surface area (Å²) in [6.07, 6.45) is 0.994. The smallest absolute Gasteiger partial charge is 0.157 e. The first-order chi connectivity index (χ1) is 8.65. The third kappa shape index (κ3) is 3.48. The summed E-state index contributed by atoms with van der Waals surface area (Å²) in [5.41, 5.74) is 2.30. The van der Waals surface area contributed by atoms with Gasteiger partial charge in [0.25, 0.3) is 0 Å². The molecule has 0 spiro atoms. The highest BCUT2D eigenvalue weighted by atomic mass is 32.1. The molecule has 2 aromatic rings. The highest BCUT2D eigenvalue weighted by Gasteiger charge is 2.05. The Bertz CT molecular complexity index is 497. The Labute approximate surface area is 111 Å². The fourth-order valence-electron chi connectivity index (χ4n) is 1.81. The van der Waals surface area contributed by atoms with Crippen molar-refractivity contribution in [1.82, 2.24) is 5.32 Å². The predicted octanol–water partition coefficient (Wildman–Crippen LogP) is 2.88. The van der Waals surface area contributed by atoms with Crippen LogP contribution in [0, 0.1) is 0 Å². The van der Waals surface area contributed by atoms with Crippen molar-refractivity contribution >= 4 is 11.3 Å². The zero-order valence-corrected chi connectivity index (χ0v) is 11.1. The Kier molecular flexibility index (Phi) is 4.23. The van der Waals surface area contributed by atoms with Gasteiger partial charge in [-0.3, -0.25) is 0 Å². The van der Waals surface area contributed by atoms with E-state index in [-0.39, 0.29) is 11.5 Å². The molecule has 1 aromatic carbocycles. The summed E-state index contributed by atoms with van der Waals surface area (Å²) in [6, 6.07) is 7.40. The molecule has 0 amide bonds. The van der Waals surface area contributed by atoms with E-state index in [1.165, 1.54) is 11.6 Å². The minimum atomic E-state index is -0.0786. The van der Waals surface area contributed by atoms with E-state index in [1.54, 1.807) is 23.5 Å². The normalized spacial score (nSPS) is 12.5. The molecule has 3 N–H and O–H groups in total. The lowest BCUT2D eigenvalue weighted by molar-refractivity contribution is 0.402. The van der Waals surface area contributed by atoms with E-state index in [2.05, 4.69) is 29.1 Å². The van der Waals surface area contributed by atoms with Gasteiger partial charge in [-0.2, -0.15) is 11.3 Å². The van der Waals surface area contributed by atoms with Gasteiger partial charge in [0.05, 0.1) is 0 Å². The minimum Gasteiger partial charge on any atom is -0.504 e. The van der Waals surface area contributed by atoms with E-state index in [0.29, 0.717) is 12.6 Å². The van der Waals surface area contributed by atoms with Gasteiger partial charge in [0.1, 0.15) is 0 Å². The van der Waals surface area contributed by atoms with Crippen molar-refractivity contribution in [2.24, 2.45) is 0 Å². The van der Waals surface area contributed by atoms with Crippen LogP contribution in [-0.4, -0.2) is 16.3 Å². The molecule has 1 heterocycles. The van der Waals surface area contributed by atoms with Crippen LogP contribution in [0.5, 0.6) is 11.5 Å². The molecule has 0 aliphatic heterocycles. The van der Waals surface area contributed by atoms with Gasteiger partial charge in [-0.1, -0.05) is 6.07 Å². The number of rotatable bonds is 5. The van der Waals surface area contributed by atoms with Crippen LogP contribution in [0.15, 0.2) is 35.0 Å². The second-order valence-electron chi connectivity index (χ2n) is 4.44. The molecule has 0 bridgehead atoms. The van der Waals surface area contributed by atoms with Crippen LogP contribution >= 0.6 is 11.3 Å². The number of nitrogens with one attached hydrogen (secondary N) is 1. The quantitative estimate of drug-likeness (QED) is 0.727. The topological polar surface area (TPSA) is 52.5 Å². The lowest BCUT2D eigenvalue weighted by Gasteiger charge is -2.13. The average Bonchev–Trinajstić information content (AvgIpc) is 2.83. The van der Waals surface area contributed by atoms with Crippen LogP contribution in [0.3, 0.4) is 0 Å². The van der Waals surface area contributed by atoms with Crippen LogP contribution in [0.4, 0.5) is 0 Å². The molecular formula is C14H17NO2S. The van der Waals surface area contributed by atoms with Gasteiger partial charge in [0, 0.05) is 12.6 Å². The Morgan fingerprint density at radius 3 is 2.67 bits per heavy atom. The summed E-state index contributed by atoms with van der Waals surface area (Å²) >= 11 is 1.71. The molecule has 18 heavy (non-hydrogen) atoms. The molecule has 0 fully saturated rings. The fraction of sp³-hybridized carbons (Fsp3) is 0.286. The van der Waals surface area contributed by atoms with Crippen molar-refractivity contribution < 1.29 is 10.2 Å². The zero-order valence-electron chi connectivity index (χ0n) is 10.3. The van der Waals surface area contributed by atoms with Gasteiger partial charge >= 0.3 is 0 Å². The Morgan fingerprint density at radius 1 is 1.17 bits per heavy atom. The second-order valence-corrected chi connectivity index (χ2v) is 5.22. The van der Waals surface area contributed by atoms with Crippen LogP contribution in [0.1, 0.15) is 18.1 Å². The second kappa shape index (κ2) is 5.89. The Hall–Kier alpha value is -1.52. The third-order valence-corrected chi connectivity index (χ3v) is 3.55. The standard InChI is InChI=1S/C14H17NO2S/c1-10(6-12-4-5-18-9-12)15-8-11-2-3-13(16)14(17)7-11/h2-5,7,9-10,15-17H,6,8H2,1H3. The summed E-state index contributed by atoms with van der Waals surface area (Å²) < 4.78 is 0. The van der Waals surface area contributed by atoms with Crippen LogP contribution in [0.2, 0.25) is 0 Å². The van der Waals surface area contributed by atoms with Crippen LogP contribution in [-0.2, 0) is 13.0 Å². The third-order valence-electron chi connectivity index (χ3n) is 2.82. The van der Waals surface area contributed by atoms with Crippen molar-refractivity contribution in [3.05, 3.63) is 46.2 Å². The van der Waals surface area contributed by atoms with Gasteiger partial charge < -0.3 is 15.5 Å². The lowest BCUT2D eigenvalue weighted by atomic mass is 10.1. The molecule has 0 saturated carbocycles. The van der Waals surface area contributed by atoms with Crippen molar-refractivity contribution in [2.75, 3.05) is 0 Å². The molecule has 2 rings (SSSR count). The van der Waals surface area contributed by atoms with Gasteiger partial charge in [0.2, 0.25) is 0 Å². The minimum absolute atomic E-state index is 0.0696. The zero-order chi connectivity index (χ0) is 13.0. The molecule has 1 atom stereocenters. The van der Waals surface area contributed by atoms with E-state index < -0.39 is 0 Å². The fourth-order valence-corrected chi connectivity index (χ4v) is 2.49. The lowest BCUT2D eigenvalue weighted by Crippen LogP contribution is -2.27. The summed E-state index contributed by atoms with van der Waals surface area (Å²) in [5.74, 6) is -0.148. The first kappa shape index (κ1) is 12.9. The number of aromatic hydroxyl groups is 2. The monoisotopic (exact) mass is 263 g/mol. The number of hydrogen-bond acceptors (Lipinski definition) is 4. The molecule has 96 valence electrons. The Morgan fingerprint density at radius 2 is 2.00 bits per heavy atom. The molecule has 4 heteroatoms. The molecule has 0 aliphatic rings. The van der Waals surface area contributed by atoms with Crippen molar-refractivity contribution in [3.8, 4) is 11.5 Å². The first-order valence-electron chi connectivity index (χ1n) is 5.90. The van der Waals surface area contributed by atoms with E-state index in [4.69, 9.17) is 0 Å². The molecule has 1 aromatic heterocycles. The van der Waals surface area contributed by atoms with E-state index in [0.717, 1.165) is 12.0 Å². The SMILES string of the molecule is CC(Cc1ccsc1)NCc1ccc(O)c(O)c1. The van der Waals surface area contributed by atoms with E-state index in [9.17, 15) is 10.2 Å². The molecule has 0 aliphatic carbocycles. The van der Waals surface area contributed by atoms with E-state index in [1.807, 2.05) is 0 Å². The first-order valence-corrected chi connectivity index (χ1v) is 6.85. The Balaban J connectivity index is 1.85. The maximum absolute atomic E-state index is 9.40. The molecule has 1 unspecified atom stereocenters. The molecular weight excluding hydrogens is 246 g/mol. The molecule has 0 radical (unpaired) electrons. The number of benzene rings is 1. The van der Waals surface area contributed by atoms with Gasteiger partial charge in [-0.25, -0.2) is 0 Å². The van der Waals surface area contributed by atoms with Gasteiger partial charge in [-0.15, -0.1) is 0 Å². The largest absolute Gasteiger partial charge is 0.504 e. The highest BCUT2D eigenvalue weighted by molar-refractivity contribution is 7.07. The number of thiophene rings is 1. The van der Waals surface area contributed by atoms with Gasteiger partial charge in [0.15, 0.2) is 11.5 Å². The van der Waals surface area contributed by atoms with Gasteiger partial charge in [-0.05, 0) is 53.4 Å². The van der Waals surface area contributed by atoms with E-state index >= 15 is 0 Å². The van der Waals surface area contributed by atoms with Crippen LogP contribution < -0.4 is 5.32 Å². The maximum Gasteiger partial charge on any atom is 0.157 e. The summed E-state index contributed by atoms with van der Waals surface area (Å²) in [6.45, 7) is 2.82. The van der Waals surface area contributed by atoms with Crippen molar-refractivity contribution in [1.29, 1.82) is 0 Å². The summed E-state index contributed by atoms with van der Waals surface area (Å²) in [4.78, 5) is 0. The number of hydrogen-bond donors (Lipinski definition) is 3. The average molecular weight is 263 g/mol. The van der Waals surface area contributed by atoms with Crippen LogP contribution in [0.25, 0.3) is 0 Å². The van der Waals surface area contributed by atoms with Crippen molar-refractivity contribution in [3.63, 3.8) is 0 Å². The predicted molar refractivity (Wildman–Crippen MR) is 74.1 cm³/mol. The maximum atomic E-state index is 9.40. The number of phenolic OH excluding ortho intramolecular Hbond substituents is 2. The summed E-state index contributed by atoms with van der Waals surface area (Å²) in [5, 5.41) is 26.3.